The molecule has 1 N–H and O–H groups in total. The molecular weight excluding hydrogens is 355 g/mol. The van der Waals surface area contributed by atoms with Gasteiger partial charge >= 0.3 is 6.09 Å². The minimum atomic E-state index is -0.435. The quantitative estimate of drug-likeness (QED) is 0.581. The lowest BCUT2D eigenvalue weighted by Gasteiger charge is -2.25. The fraction of sp³-hybridized carbons (Fsp3) is 0.500. The Morgan fingerprint density at radius 3 is 2.26 bits per heavy atom. The second-order valence-corrected chi connectivity index (χ2v) is 5.53. The topological polar surface area (TPSA) is 38.3 Å². The first kappa shape index (κ1) is 18.2. The van der Waals surface area contributed by atoms with Crippen molar-refractivity contribution in [1.29, 1.82) is 0 Å². The molecule has 4 nitrogen and oxygen atoms in total. The molecule has 0 saturated heterocycles. The first-order valence-electron chi connectivity index (χ1n) is 6.11. The van der Waals surface area contributed by atoms with Crippen LogP contribution in [0.2, 0.25) is 0 Å². The third-order valence-corrected chi connectivity index (χ3v) is 2.80. The normalized spacial score (nSPS) is 10.9. The Kier molecular flexibility index (Phi) is 6.79. The van der Waals surface area contributed by atoms with Gasteiger partial charge in [-0.05, 0) is 12.0 Å². The average Bonchev–Trinajstić information content (AvgIpc) is 2.27. The van der Waals surface area contributed by atoms with Crippen LogP contribution in [-0.2, 0) is 0 Å². The minimum absolute atomic E-state index is 0. The van der Waals surface area contributed by atoms with Crippen LogP contribution in [0.15, 0.2) is 18.2 Å². The molecule has 0 fully saturated rings. The molecule has 0 radical (unpaired) electrons. The first-order chi connectivity index (χ1) is 8.25. The molecule has 0 unspecified atom stereocenters. The monoisotopic (exact) mass is 378 g/mol. The van der Waals surface area contributed by atoms with Crippen molar-refractivity contribution in [1.82, 2.24) is 9.80 Å². The summed E-state index contributed by atoms with van der Waals surface area (Å²) in [6, 6.07) is 5.95. The molecule has 1 rings (SSSR count). The van der Waals surface area contributed by atoms with Gasteiger partial charge in [-0.1, -0.05) is 13.8 Å². The molecule has 0 aliphatic carbocycles. The minimum Gasteiger partial charge on any atom is -1.00 e. The summed E-state index contributed by atoms with van der Waals surface area (Å²) in [6.07, 6.45) is -0.435. The Hall–Kier alpha value is -0.820. The van der Waals surface area contributed by atoms with Gasteiger partial charge in [0, 0.05) is 24.7 Å². The van der Waals surface area contributed by atoms with Gasteiger partial charge in [0.05, 0.1) is 21.1 Å². The Bertz CT molecular complexity index is 440. The molecule has 0 aliphatic rings. The molecule has 0 bridgehead atoms. The third kappa shape index (κ3) is 4.99. The molecule has 1 aromatic carbocycles. The zero-order chi connectivity index (χ0) is 13.9. The second-order valence-electron chi connectivity index (χ2n) is 5.53. The van der Waals surface area contributed by atoms with Gasteiger partial charge in [0.15, 0.2) is 0 Å². The van der Waals surface area contributed by atoms with Gasteiger partial charge in [0.25, 0.3) is 0 Å². The van der Waals surface area contributed by atoms with Gasteiger partial charge in [-0.15, -0.1) is 0 Å². The standard InChI is InChI=1S/C14H22N2O2.HI/c1-10(2)12-9-11(16(4,5)6)7-8-13(12)18-14(17)15-3;/h7-10H,1-6H3;1H. The lowest BCUT2D eigenvalue weighted by molar-refractivity contribution is -0.00000915. The summed E-state index contributed by atoms with van der Waals surface area (Å²) in [5.41, 5.74) is 2.23. The lowest BCUT2D eigenvalue weighted by atomic mass is 10.0. The van der Waals surface area contributed by atoms with Gasteiger partial charge in [0.1, 0.15) is 11.4 Å². The Balaban J connectivity index is 0.00000324. The van der Waals surface area contributed by atoms with E-state index in [9.17, 15) is 4.79 Å². The molecule has 108 valence electrons. The second kappa shape index (κ2) is 7.09. The van der Waals surface area contributed by atoms with E-state index in [0.717, 1.165) is 10.0 Å². The lowest BCUT2D eigenvalue weighted by Crippen LogP contribution is -3.00. The number of rotatable bonds is 3. The fourth-order valence-electron chi connectivity index (χ4n) is 1.65. The van der Waals surface area contributed by atoms with Crippen molar-refractivity contribution in [2.45, 2.75) is 19.8 Å². The number of hydrogen-bond acceptors (Lipinski definition) is 2. The van der Waals surface area contributed by atoms with Crippen LogP contribution in [0, 0.1) is 0 Å². The van der Waals surface area contributed by atoms with E-state index in [1.807, 2.05) is 12.1 Å². The van der Waals surface area contributed by atoms with E-state index in [2.05, 4.69) is 46.4 Å². The number of hydrogen-bond donors (Lipinski definition) is 1. The van der Waals surface area contributed by atoms with Gasteiger partial charge in [-0.3, -0.25) is 4.48 Å². The van der Waals surface area contributed by atoms with Crippen LogP contribution in [0.25, 0.3) is 0 Å². The van der Waals surface area contributed by atoms with E-state index in [1.54, 1.807) is 7.05 Å². The van der Waals surface area contributed by atoms with Gasteiger partial charge < -0.3 is 34.0 Å². The summed E-state index contributed by atoms with van der Waals surface area (Å²) in [5.74, 6) is 0.928. The molecule has 1 amide bonds. The SMILES string of the molecule is CNC(=O)Oc1ccc([N+](C)(C)C)cc1C(C)C.[I-]. The third-order valence-electron chi connectivity index (χ3n) is 2.80. The number of benzene rings is 1. The van der Waals surface area contributed by atoms with Crippen molar-refractivity contribution in [3.05, 3.63) is 23.8 Å². The van der Waals surface area contributed by atoms with Crippen molar-refractivity contribution in [2.75, 3.05) is 28.2 Å². The summed E-state index contributed by atoms with van der Waals surface area (Å²) in [7, 11) is 7.88. The highest BCUT2D eigenvalue weighted by molar-refractivity contribution is 5.71. The molecular formula is C14H23IN2O2. The maximum atomic E-state index is 11.3. The van der Waals surface area contributed by atoms with E-state index in [1.165, 1.54) is 5.69 Å². The molecule has 1 aromatic rings. The summed E-state index contributed by atoms with van der Waals surface area (Å²) in [5, 5.41) is 2.46. The van der Waals surface area contributed by atoms with Crippen LogP contribution in [0.1, 0.15) is 25.3 Å². The summed E-state index contributed by atoms with van der Waals surface area (Å²) >= 11 is 0. The van der Waals surface area contributed by atoms with E-state index >= 15 is 0 Å². The number of nitrogens with one attached hydrogen (secondary N) is 1. The van der Waals surface area contributed by atoms with Crippen LogP contribution in [0.3, 0.4) is 0 Å². The highest BCUT2D eigenvalue weighted by atomic mass is 127. The predicted molar refractivity (Wildman–Crippen MR) is 75.2 cm³/mol. The molecule has 0 atom stereocenters. The van der Waals surface area contributed by atoms with E-state index in [4.69, 9.17) is 4.74 Å². The predicted octanol–water partition coefficient (Wildman–Crippen LogP) is -0.271. The number of amides is 1. The summed E-state index contributed by atoms with van der Waals surface area (Å²) < 4.78 is 6.00. The maximum Gasteiger partial charge on any atom is 0.412 e. The van der Waals surface area contributed by atoms with Crippen LogP contribution in [-0.4, -0.2) is 34.3 Å². The fourth-order valence-corrected chi connectivity index (χ4v) is 1.65. The number of ether oxygens (including phenoxy) is 1. The molecule has 0 spiro atoms. The number of carbonyl (C=O) groups excluding carboxylic acids is 1. The summed E-state index contributed by atoms with van der Waals surface area (Å²) in [6.45, 7) is 4.18. The average molecular weight is 378 g/mol. The smallest absolute Gasteiger partial charge is 0.412 e. The van der Waals surface area contributed by atoms with E-state index < -0.39 is 6.09 Å². The largest absolute Gasteiger partial charge is 1.00 e. The maximum absolute atomic E-state index is 11.3. The molecule has 0 saturated carbocycles. The number of quaternary nitrogens is 1. The zero-order valence-corrected chi connectivity index (χ0v) is 14.6. The number of halogens is 1. The van der Waals surface area contributed by atoms with Crippen molar-refractivity contribution >= 4 is 11.8 Å². The highest BCUT2D eigenvalue weighted by Gasteiger charge is 2.18. The Morgan fingerprint density at radius 2 is 1.84 bits per heavy atom. The van der Waals surface area contributed by atoms with Crippen LogP contribution in [0.4, 0.5) is 10.5 Å². The van der Waals surface area contributed by atoms with Gasteiger partial charge in [0.2, 0.25) is 0 Å². The molecule has 19 heavy (non-hydrogen) atoms. The van der Waals surface area contributed by atoms with Crippen molar-refractivity contribution in [3.8, 4) is 5.75 Å². The van der Waals surface area contributed by atoms with Gasteiger partial charge in [-0.2, -0.15) is 0 Å². The molecule has 0 aliphatic heterocycles. The molecule has 5 heteroatoms. The van der Waals surface area contributed by atoms with Crippen LogP contribution >= 0.6 is 0 Å². The van der Waals surface area contributed by atoms with Crippen molar-refractivity contribution in [2.24, 2.45) is 0 Å². The van der Waals surface area contributed by atoms with Crippen LogP contribution < -0.4 is 38.5 Å². The summed E-state index contributed by atoms with van der Waals surface area (Å²) in [4.78, 5) is 11.3. The van der Waals surface area contributed by atoms with Crippen molar-refractivity contribution in [3.63, 3.8) is 0 Å². The first-order valence-corrected chi connectivity index (χ1v) is 6.11. The van der Waals surface area contributed by atoms with Gasteiger partial charge in [-0.25, -0.2) is 4.79 Å². The van der Waals surface area contributed by atoms with Crippen molar-refractivity contribution < 1.29 is 33.5 Å². The highest BCUT2D eigenvalue weighted by Crippen LogP contribution is 2.31. The Labute approximate surface area is 132 Å². The zero-order valence-electron chi connectivity index (χ0n) is 12.5. The van der Waals surface area contributed by atoms with E-state index in [0.29, 0.717) is 11.7 Å². The van der Waals surface area contributed by atoms with Crippen LogP contribution in [0.5, 0.6) is 5.75 Å². The Morgan fingerprint density at radius 1 is 1.26 bits per heavy atom. The number of carbonyl (C=O) groups is 1. The van der Waals surface area contributed by atoms with E-state index in [-0.39, 0.29) is 24.0 Å². The molecule has 0 aromatic heterocycles. The number of nitrogens with zero attached hydrogens (tertiary/aromatic N) is 1. The molecule has 0 heterocycles.